The second-order valence-electron chi connectivity index (χ2n) is 6.35. The Balaban J connectivity index is 1.61. The van der Waals surface area contributed by atoms with Gasteiger partial charge in [0.25, 0.3) is 0 Å². The van der Waals surface area contributed by atoms with E-state index in [0.29, 0.717) is 17.1 Å². The Morgan fingerprint density at radius 2 is 1.60 bits per heavy atom. The van der Waals surface area contributed by atoms with Gasteiger partial charge in [0, 0.05) is 16.4 Å². The van der Waals surface area contributed by atoms with Crippen LogP contribution in [0.1, 0.15) is 24.5 Å². The van der Waals surface area contributed by atoms with Crippen molar-refractivity contribution in [3.8, 4) is 0 Å². The van der Waals surface area contributed by atoms with E-state index in [1.165, 1.54) is 0 Å². The molecule has 5 heteroatoms. The van der Waals surface area contributed by atoms with Crippen molar-refractivity contribution in [1.82, 2.24) is 0 Å². The van der Waals surface area contributed by atoms with Crippen LogP contribution < -0.4 is 10.6 Å². The van der Waals surface area contributed by atoms with Crippen LogP contribution >= 0.6 is 11.6 Å². The largest absolute Gasteiger partial charge is 0.326 e. The molecule has 3 rings (SSSR count). The zero-order chi connectivity index (χ0) is 18.0. The lowest BCUT2D eigenvalue weighted by molar-refractivity contribution is -0.122. The van der Waals surface area contributed by atoms with E-state index in [1.54, 1.807) is 12.1 Å². The summed E-state index contributed by atoms with van der Waals surface area (Å²) in [6, 6.07) is 13.1. The Morgan fingerprint density at radius 3 is 2.28 bits per heavy atom. The van der Waals surface area contributed by atoms with E-state index < -0.39 is 0 Å². The van der Waals surface area contributed by atoms with Gasteiger partial charge in [0.05, 0.1) is 11.8 Å². The van der Waals surface area contributed by atoms with Crippen molar-refractivity contribution < 1.29 is 9.59 Å². The van der Waals surface area contributed by atoms with Crippen molar-refractivity contribution in [3.05, 3.63) is 58.6 Å². The topological polar surface area (TPSA) is 58.2 Å². The lowest BCUT2D eigenvalue weighted by atomic mass is 10.1. The summed E-state index contributed by atoms with van der Waals surface area (Å²) in [6.07, 6.45) is 1.42. The number of carbonyl (C=O) groups is 2. The highest BCUT2D eigenvalue weighted by atomic mass is 35.5. The van der Waals surface area contributed by atoms with Gasteiger partial charge in [0.15, 0.2) is 0 Å². The highest BCUT2D eigenvalue weighted by Crippen LogP contribution is 2.40. The summed E-state index contributed by atoms with van der Waals surface area (Å²) < 4.78 is 0. The van der Waals surface area contributed by atoms with Crippen LogP contribution in [0, 0.1) is 18.8 Å². The summed E-state index contributed by atoms with van der Waals surface area (Å²) in [5.74, 6) is -0.783. The predicted molar refractivity (Wildman–Crippen MR) is 101 cm³/mol. The Bertz CT molecular complexity index is 819. The molecule has 0 saturated heterocycles. The number of benzene rings is 2. The molecule has 2 aromatic rings. The van der Waals surface area contributed by atoms with Gasteiger partial charge in [0.2, 0.25) is 11.8 Å². The highest BCUT2D eigenvalue weighted by Gasteiger charge is 2.48. The van der Waals surface area contributed by atoms with Gasteiger partial charge >= 0.3 is 0 Å². The van der Waals surface area contributed by atoms with E-state index in [9.17, 15) is 9.59 Å². The Hall–Kier alpha value is -2.33. The molecule has 1 aliphatic rings. The third-order valence-corrected chi connectivity index (χ3v) is 5.06. The number of halogens is 1. The van der Waals surface area contributed by atoms with Gasteiger partial charge in [-0.2, -0.15) is 0 Å². The third-order valence-electron chi connectivity index (χ3n) is 4.65. The van der Waals surface area contributed by atoms with Gasteiger partial charge in [-0.1, -0.05) is 42.8 Å². The van der Waals surface area contributed by atoms with Crippen LogP contribution in [-0.4, -0.2) is 11.8 Å². The third kappa shape index (κ3) is 3.85. The molecule has 0 heterocycles. The Labute approximate surface area is 152 Å². The number of aryl methyl sites for hydroxylation is 1. The highest BCUT2D eigenvalue weighted by molar-refractivity contribution is 6.31. The maximum Gasteiger partial charge on any atom is 0.228 e. The van der Waals surface area contributed by atoms with Gasteiger partial charge < -0.3 is 10.6 Å². The number of para-hydroxylation sites is 1. The quantitative estimate of drug-likeness (QED) is 0.832. The minimum atomic E-state index is -0.285. The van der Waals surface area contributed by atoms with Gasteiger partial charge in [-0.25, -0.2) is 0 Å². The molecule has 2 aromatic carbocycles. The second-order valence-corrected chi connectivity index (χ2v) is 6.76. The van der Waals surface area contributed by atoms with E-state index in [1.807, 2.05) is 44.2 Å². The lowest BCUT2D eigenvalue weighted by Crippen LogP contribution is -2.21. The number of nitrogens with one attached hydrogen (secondary N) is 2. The monoisotopic (exact) mass is 356 g/mol. The molecule has 0 spiro atoms. The minimum Gasteiger partial charge on any atom is -0.326 e. The number of anilines is 2. The molecule has 2 unspecified atom stereocenters. The van der Waals surface area contributed by atoms with E-state index in [-0.39, 0.29) is 23.7 Å². The minimum absolute atomic E-state index is 0.0936. The smallest absolute Gasteiger partial charge is 0.228 e. The molecule has 0 bridgehead atoms. The van der Waals surface area contributed by atoms with Crippen molar-refractivity contribution in [2.24, 2.45) is 11.8 Å². The summed E-state index contributed by atoms with van der Waals surface area (Å²) in [5, 5.41) is 6.44. The molecule has 2 N–H and O–H groups in total. The zero-order valence-electron chi connectivity index (χ0n) is 14.3. The summed E-state index contributed by atoms with van der Waals surface area (Å²) in [5.41, 5.74) is 3.44. The predicted octanol–water partition coefficient (Wildman–Crippen LogP) is 4.42. The van der Waals surface area contributed by atoms with Crippen LogP contribution in [0.15, 0.2) is 42.5 Å². The van der Waals surface area contributed by atoms with Crippen LogP contribution in [0.4, 0.5) is 11.4 Å². The van der Waals surface area contributed by atoms with Crippen LogP contribution in [0.2, 0.25) is 5.02 Å². The van der Waals surface area contributed by atoms with Gasteiger partial charge in [-0.3, -0.25) is 9.59 Å². The lowest BCUT2D eigenvalue weighted by Gasteiger charge is -2.11. The summed E-state index contributed by atoms with van der Waals surface area (Å²) in [7, 11) is 0. The number of amides is 2. The first-order valence-corrected chi connectivity index (χ1v) is 8.83. The molecule has 0 aliphatic heterocycles. The molecule has 1 fully saturated rings. The first-order chi connectivity index (χ1) is 12.0. The molecular weight excluding hydrogens is 336 g/mol. The SMILES string of the molecule is CCc1ccccc1NC(=O)C1CC1C(=O)Nc1cccc(Cl)c1C. The summed E-state index contributed by atoms with van der Waals surface area (Å²) >= 11 is 6.07. The average molecular weight is 357 g/mol. The first kappa shape index (κ1) is 17.5. The van der Waals surface area contributed by atoms with Gasteiger partial charge in [0.1, 0.15) is 0 Å². The zero-order valence-corrected chi connectivity index (χ0v) is 15.1. The Kier molecular flexibility index (Phi) is 5.09. The van der Waals surface area contributed by atoms with E-state index in [4.69, 9.17) is 11.6 Å². The number of hydrogen-bond donors (Lipinski definition) is 2. The van der Waals surface area contributed by atoms with Crippen molar-refractivity contribution in [3.63, 3.8) is 0 Å². The molecule has 0 aromatic heterocycles. The molecule has 25 heavy (non-hydrogen) atoms. The van der Waals surface area contributed by atoms with Crippen molar-refractivity contribution >= 4 is 34.8 Å². The second kappa shape index (κ2) is 7.28. The molecule has 4 nitrogen and oxygen atoms in total. The molecule has 2 atom stereocenters. The molecular formula is C20H21ClN2O2. The fraction of sp³-hybridized carbons (Fsp3) is 0.300. The number of carbonyl (C=O) groups excluding carboxylic acids is 2. The molecule has 2 amide bonds. The average Bonchev–Trinajstić information content (AvgIpc) is 3.40. The number of hydrogen-bond acceptors (Lipinski definition) is 2. The molecule has 1 saturated carbocycles. The first-order valence-electron chi connectivity index (χ1n) is 8.46. The fourth-order valence-corrected chi connectivity index (χ4v) is 3.09. The van der Waals surface area contributed by atoms with Crippen LogP contribution in [0.5, 0.6) is 0 Å². The van der Waals surface area contributed by atoms with Gasteiger partial charge in [-0.15, -0.1) is 0 Å². The van der Waals surface area contributed by atoms with E-state index in [0.717, 1.165) is 23.2 Å². The van der Waals surface area contributed by atoms with Gasteiger partial charge in [-0.05, 0) is 49.1 Å². The van der Waals surface area contributed by atoms with Crippen molar-refractivity contribution in [2.75, 3.05) is 10.6 Å². The standard InChI is InChI=1S/C20H21ClN2O2/c1-3-13-7-4-5-9-18(13)23-20(25)15-11-14(15)19(24)22-17-10-6-8-16(21)12(17)2/h4-10,14-15H,3,11H2,1-2H3,(H,22,24)(H,23,25). The maximum absolute atomic E-state index is 12.4. The molecule has 130 valence electrons. The molecule has 1 aliphatic carbocycles. The van der Waals surface area contributed by atoms with E-state index >= 15 is 0 Å². The van der Waals surface area contributed by atoms with Crippen LogP contribution in [0.25, 0.3) is 0 Å². The maximum atomic E-state index is 12.4. The van der Waals surface area contributed by atoms with Crippen LogP contribution in [0.3, 0.4) is 0 Å². The van der Waals surface area contributed by atoms with Crippen molar-refractivity contribution in [1.29, 1.82) is 0 Å². The fourth-order valence-electron chi connectivity index (χ4n) is 2.92. The summed E-state index contributed by atoms with van der Waals surface area (Å²) in [4.78, 5) is 24.8. The molecule has 0 radical (unpaired) electrons. The Morgan fingerprint density at radius 1 is 1.00 bits per heavy atom. The van der Waals surface area contributed by atoms with Crippen molar-refractivity contribution in [2.45, 2.75) is 26.7 Å². The number of rotatable bonds is 5. The van der Waals surface area contributed by atoms with Crippen LogP contribution in [-0.2, 0) is 16.0 Å². The normalized spacial score (nSPS) is 18.5. The van der Waals surface area contributed by atoms with E-state index in [2.05, 4.69) is 10.6 Å². The summed E-state index contributed by atoms with van der Waals surface area (Å²) in [6.45, 7) is 3.91.